The largest absolute Gasteiger partial charge is 0.492 e. The molecule has 0 spiro atoms. The highest BCUT2D eigenvalue weighted by Gasteiger charge is 2.33. The highest BCUT2D eigenvalue weighted by Crippen LogP contribution is 2.35. The van der Waals surface area contributed by atoms with E-state index in [0.717, 1.165) is 16.4 Å². The Morgan fingerprint density at radius 1 is 1.19 bits per heavy atom. The molecule has 144 valence electrons. The van der Waals surface area contributed by atoms with Gasteiger partial charge in [-0.2, -0.15) is 0 Å². The van der Waals surface area contributed by atoms with Gasteiger partial charge in [-0.1, -0.05) is 24.3 Å². The van der Waals surface area contributed by atoms with Gasteiger partial charge in [-0.15, -0.1) is 0 Å². The minimum atomic E-state index is -4.42. The van der Waals surface area contributed by atoms with E-state index in [2.05, 4.69) is 0 Å². The van der Waals surface area contributed by atoms with Crippen LogP contribution in [-0.2, 0) is 14.8 Å². The number of para-hydroxylation sites is 3. The molecule has 2 aromatic carbocycles. The van der Waals surface area contributed by atoms with E-state index >= 15 is 0 Å². The first-order valence-electron chi connectivity index (χ1n) is 7.98. The summed E-state index contributed by atoms with van der Waals surface area (Å²) in [6.45, 7) is 1.57. The number of nitrogens with zero attached hydrogens (tertiary/aromatic N) is 2. The van der Waals surface area contributed by atoms with Crippen molar-refractivity contribution in [2.45, 2.75) is 18.2 Å². The van der Waals surface area contributed by atoms with Crippen LogP contribution >= 0.6 is 0 Å². The molecule has 0 bridgehead atoms. The number of ether oxygens (including phenoxy) is 1. The van der Waals surface area contributed by atoms with Gasteiger partial charge >= 0.3 is 5.97 Å². The number of carbonyl (C=O) groups is 1. The molecule has 0 aliphatic carbocycles. The second-order valence-corrected chi connectivity index (χ2v) is 7.18. The van der Waals surface area contributed by atoms with Crippen LogP contribution in [0.3, 0.4) is 0 Å². The first kappa shape index (κ1) is 20.2. The second-order valence-electron chi connectivity index (χ2n) is 5.35. The van der Waals surface area contributed by atoms with Gasteiger partial charge in [0, 0.05) is 12.6 Å². The molecule has 0 saturated carbocycles. The Balaban J connectivity index is 2.64. The average Bonchev–Trinajstić information content (AvgIpc) is 2.63. The van der Waals surface area contributed by atoms with Gasteiger partial charge in [0.2, 0.25) is 0 Å². The quantitative estimate of drug-likeness (QED) is 0.511. The zero-order valence-electron chi connectivity index (χ0n) is 14.4. The number of sulfonamides is 1. The zero-order valence-corrected chi connectivity index (χ0v) is 15.3. The molecule has 27 heavy (non-hydrogen) atoms. The number of benzene rings is 2. The number of carboxylic acids is 1. The average molecular weight is 394 g/mol. The minimum Gasteiger partial charge on any atom is -0.492 e. The number of hydrogen-bond donors (Lipinski definition) is 1. The fourth-order valence-corrected chi connectivity index (χ4v) is 4.09. The van der Waals surface area contributed by atoms with Crippen molar-refractivity contribution < 1.29 is 28.0 Å². The number of nitro benzene ring substituents is 1. The highest BCUT2D eigenvalue weighted by molar-refractivity contribution is 7.93. The predicted molar refractivity (Wildman–Crippen MR) is 97.5 cm³/mol. The first-order valence-corrected chi connectivity index (χ1v) is 9.42. The van der Waals surface area contributed by atoms with Crippen LogP contribution in [0.4, 0.5) is 11.4 Å². The molecule has 2 rings (SSSR count). The minimum absolute atomic E-state index is 0.110. The van der Waals surface area contributed by atoms with Gasteiger partial charge in [-0.25, -0.2) is 8.42 Å². The molecule has 1 N–H and O–H groups in total. The van der Waals surface area contributed by atoms with Crippen molar-refractivity contribution in [3.05, 3.63) is 58.6 Å². The maximum atomic E-state index is 13.2. The number of carboxylic acid groups (broad SMARTS) is 1. The Hall–Kier alpha value is -3.14. The van der Waals surface area contributed by atoms with Crippen molar-refractivity contribution >= 4 is 27.4 Å². The van der Waals surface area contributed by atoms with Crippen LogP contribution in [0.15, 0.2) is 53.4 Å². The summed E-state index contributed by atoms with van der Waals surface area (Å²) in [5.74, 6) is -0.973. The molecule has 9 nitrogen and oxygen atoms in total. The molecular weight excluding hydrogens is 376 g/mol. The van der Waals surface area contributed by atoms with Crippen LogP contribution in [-0.4, -0.2) is 37.6 Å². The Labute approximate surface area is 156 Å². The number of hydrogen-bond acceptors (Lipinski definition) is 6. The third-order valence-electron chi connectivity index (χ3n) is 3.59. The van der Waals surface area contributed by atoms with Gasteiger partial charge < -0.3 is 9.84 Å². The van der Waals surface area contributed by atoms with Gasteiger partial charge in [0.05, 0.1) is 23.6 Å². The lowest BCUT2D eigenvalue weighted by atomic mass is 10.3. The van der Waals surface area contributed by atoms with Crippen molar-refractivity contribution in [3.63, 3.8) is 0 Å². The Morgan fingerprint density at radius 2 is 1.81 bits per heavy atom. The Bertz CT molecular complexity index is 944. The van der Waals surface area contributed by atoms with E-state index in [1.807, 2.05) is 0 Å². The molecule has 0 aromatic heterocycles. The molecule has 0 amide bonds. The first-order chi connectivity index (χ1) is 12.8. The van der Waals surface area contributed by atoms with E-state index in [1.165, 1.54) is 18.2 Å². The fraction of sp³-hybridized carbons (Fsp3) is 0.235. The Kier molecular flexibility index (Phi) is 6.35. The molecule has 10 heteroatoms. The number of aliphatic carboxylic acids is 1. The van der Waals surface area contributed by atoms with Crippen molar-refractivity contribution in [2.24, 2.45) is 0 Å². The van der Waals surface area contributed by atoms with E-state index in [1.54, 1.807) is 25.1 Å². The lowest BCUT2D eigenvalue weighted by Gasteiger charge is -2.25. The third kappa shape index (κ3) is 4.53. The van der Waals surface area contributed by atoms with Crippen molar-refractivity contribution in [2.75, 3.05) is 17.5 Å². The monoisotopic (exact) mass is 394 g/mol. The molecule has 0 saturated heterocycles. The summed E-state index contributed by atoms with van der Waals surface area (Å²) in [5.41, 5.74) is -0.481. The SMILES string of the molecule is CCOc1ccccc1N(CCC(=O)O)S(=O)(=O)c1ccccc1[N+](=O)[O-]. The topological polar surface area (TPSA) is 127 Å². The number of rotatable bonds is 9. The van der Waals surface area contributed by atoms with Gasteiger partial charge in [0.15, 0.2) is 4.90 Å². The summed E-state index contributed by atoms with van der Waals surface area (Å²) in [4.78, 5) is 21.0. The summed E-state index contributed by atoms with van der Waals surface area (Å²) in [5, 5.41) is 20.3. The lowest BCUT2D eigenvalue weighted by Crippen LogP contribution is -2.34. The normalized spacial score (nSPS) is 11.0. The van der Waals surface area contributed by atoms with Gasteiger partial charge in [-0.05, 0) is 25.1 Å². The van der Waals surface area contributed by atoms with Crippen LogP contribution in [0.2, 0.25) is 0 Å². The molecular formula is C17H18N2O7S. The van der Waals surface area contributed by atoms with E-state index in [9.17, 15) is 23.3 Å². The van der Waals surface area contributed by atoms with Crippen LogP contribution < -0.4 is 9.04 Å². The van der Waals surface area contributed by atoms with Gasteiger partial charge in [0.1, 0.15) is 5.75 Å². The van der Waals surface area contributed by atoms with Crippen LogP contribution in [0.25, 0.3) is 0 Å². The molecule has 0 radical (unpaired) electrons. The maximum absolute atomic E-state index is 13.2. The Morgan fingerprint density at radius 3 is 2.44 bits per heavy atom. The second kappa shape index (κ2) is 8.49. The number of anilines is 1. The van der Waals surface area contributed by atoms with E-state index in [-0.39, 0.29) is 18.0 Å². The van der Waals surface area contributed by atoms with Gasteiger partial charge in [0.25, 0.3) is 15.7 Å². The number of nitro groups is 1. The molecule has 0 aliphatic rings. The summed E-state index contributed by atoms with van der Waals surface area (Å²) in [7, 11) is -4.42. The molecule has 0 aliphatic heterocycles. The van der Waals surface area contributed by atoms with Crippen molar-refractivity contribution in [1.82, 2.24) is 0 Å². The van der Waals surface area contributed by atoms with Crippen LogP contribution in [0.5, 0.6) is 5.75 Å². The van der Waals surface area contributed by atoms with E-state index < -0.39 is 44.5 Å². The van der Waals surface area contributed by atoms with Crippen molar-refractivity contribution in [3.8, 4) is 5.75 Å². The molecule has 2 aromatic rings. The van der Waals surface area contributed by atoms with Crippen LogP contribution in [0.1, 0.15) is 13.3 Å². The fourth-order valence-electron chi connectivity index (χ4n) is 2.45. The maximum Gasteiger partial charge on any atom is 0.305 e. The summed E-state index contributed by atoms with van der Waals surface area (Å²) < 4.78 is 32.7. The van der Waals surface area contributed by atoms with E-state index in [0.29, 0.717) is 0 Å². The predicted octanol–water partition coefficient (Wildman–Crippen LogP) is 2.66. The van der Waals surface area contributed by atoms with Gasteiger partial charge in [-0.3, -0.25) is 19.2 Å². The zero-order chi connectivity index (χ0) is 20.0. The molecule has 0 atom stereocenters. The highest BCUT2D eigenvalue weighted by atomic mass is 32.2. The smallest absolute Gasteiger partial charge is 0.305 e. The van der Waals surface area contributed by atoms with Crippen molar-refractivity contribution in [1.29, 1.82) is 0 Å². The molecule has 0 unspecified atom stereocenters. The lowest BCUT2D eigenvalue weighted by molar-refractivity contribution is -0.387. The molecule has 0 heterocycles. The summed E-state index contributed by atoms with van der Waals surface area (Å²) >= 11 is 0. The standard InChI is InChI=1S/C17H18N2O7S/c1-2-26-15-9-5-3-7-13(15)18(12-11-17(20)21)27(24,25)16-10-6-4-8-14(16)19(22)23/h3-10H,2,11-12H2,1H3,(H,20,21). The van der Waals surface area contributed by atoms with E-state index in [4.69, 9.17) is 9.84 Å². The van der Waals surface area contributed by atoms with Crippen LogP contribution in [0, 0.1) is 10.1 Å². The summed E-state index contributed by atoms with van der Waals surface area (Å²) in [6.07, 6.45) is -0.486. The third-order valence-corrected chi connectivity index (χ3v) is 5.45. The summed E-state index contributed by atoms with van der Waals surface area (Å²) in [6, 6.07) is 11.1. The molecule has 0 fully saturated rings.